The highest BCUT2D eigenvalue weighted by atomic mass is 19.4. The zero-order valence-corrected chi connectivity index (χ0v) is 35.6. The maximum atomic E-state index is 14.1. The van der Waals surface area contributed by atoms with Crippen molar-refractivity contribution in [3.63, 3.8) is 0 Å². The minimum atomic E-state index is -4.56. The van der Waals surface area contributed by atoms with Gasteiger partial charge in [0.15, 0.2) is 0 Å². The van der Waals surface area contributed by atoms with Crippen molar-refractivity contribution in [2.24, 2.45) is 25.9 Å². The molecule has 6 heterocycles. The molecule has 4 aromatic heterocycles. The third kappa shape index (κ3) is 11.6. The third-order valence-electron chi connectivity index (χ3n) is 11.3. The number of halogens is 8. The molecule has 2 N–H and O–H groups in total. The molecule has 2 aliphatic rings. The van der Waals surface area contributed by atoms with Gasteiger partial charge in [-0.1, -0.05) is 0 Å². The summed E-state index contributed by atoms with van der Waals surface area (Å²) < 4.78 is 109. The molecule has 0 atom stereocenters. The van der Waals surface area contributed by atoms with Crippen LogP contribution in [0.2, 0.25) is 0 Å². The predicted molar refractivity (Wildman–Crippen MR) is 227 cm³/mol. The Balaban J connectivity index is 0.000000191. The van der Waals surface area contributed by atoms with Crippen LogP contribution in [-0.2, 0) is 39.3 Å². The third-order valence-corrected chi connectivity index (χ3v) is 11.3. The number of aryl methyl sites for hydroxylation is 4. The normalized spacial score (nSPS) is 15.2. The molecule has 0 radical (unpaired) electrons. The molecule has 340 valence electrons. The molecule has 8 rings (SSSR count). The van der Waals surface area contributed by atoms with Crippen LogP contribution >= 0.6 is 0 Å². The van der Waals surface area contributed by atoms with Crippen LogP contribution in [0.3, 0.4) is 0 Å². The van der Waals surface area contributed by atoms with Gasteiger partial charge in [-0.25, -0.2) is 18.1 Å². The predicted octanol–water partition coefficient (Wildman–Crippen LogP) is 9.76. The first-order valence-electron chi connectivity index (χ1n) is 20.8. The van der Waals surface area contributed by atoms with Crippen molar-refractivity contribution in [1.29, 1.82) is 0 Å². The number of alkyl halides is 6. The minimum absolute atomic E-state index is 0.0510. The van der Waals surface area contributed by atoms with Gasteiger partial charge in [0.05, 0.1) is 22.5 Å². The van der Waals surface area contributed by atoms with E-state index in [2.05, 4.69) is 57.8 Å². The number of pyridine rings is 2. The van der Waals surface area contributed by atoms with Gasteiger partial charge in [0, 0.05) is 64.1 Å². The van der Waals surface area contributed by atoms with Gasteiger partial charge in [0.2, 0.25) is 23.8 Å². The Morgan fingerprint density at radius 3 is 1.56 bits per heavy atom. The van der Waals surface area contributed by atoms with E-state index in [4.69, 9.17) is 0 Å². The topological polar surface area (TPSA) is 118 Å². The number of rotatable bonds is 10. The summed E-state index contributed by atoms with van der Waals surface area (Å²) in [7, 11) is 3.32. The molecule has 2 aliphatic heterocycles. The number of hydrogen-bond acceptors (Lipinski definition) is 10. The van der Waals surface area contributed by atoms with Crippen molar-refractivity contribution >= 4 is 35.2 Å². The molecular formula is C44H48F8N12. The highest BCUT2D eigenvalue weighted by Gasteiger charge is 2.33. The van der Waals surface area contributed by atoms with Gasteiger partial charge in [0.25, 0.3) is 0 Å². The molecular weight excluding hydrogens is 849 g/mol. The number of piperidine rings is 2. The Morgan fingerprint density at radius 1 is 0.594 bits per heavy atom. The summed E-state index contributed by atoms with van der Waals surface area (Å²) in [5.41, 5.74) is 2.09. The smallest absolute Gasteiger partial charge is 0.341 e. The molecule has 0 bridgehead atoms. The first kappa shape index (κ1) is 45.7. The molecule has 0 aliphatic carbocycles. The Hall–Kier alpha value is -6.34. The molecule has 64 heavy (non-hydrogen) atoms. The zero-order valence-electron chi connectivity index (χ0n) is 35.6. The lowest BCUT2D eigenvalue weighted by Crippen LogP contribution is -2.36. The summed E-state index contributed by atoms with van der Waals surface area (Å²) >= 11 is 0. The van der Waals surface area contributed by atoms with Crippen molar-refractivity contribution in [3.05, 3.63) is 118 Å². The number of benzene rings is 2. The summed E-state index contributed by atoms with van der Waals surface area (Å²) in [6.45, 7) is 7.09. The Morgan fingerprint density at radius 2 is 1.08 bits per heavy atom. The lowest BCUT2D eigenvalue weighted by molar-refractivity contribution is -0.138. The molecule has 0 amide bonds. The van der Waals surface area contributed by atoms with Gasteiger partial charge in [-0.3, -0.25) is 9.97 Å². The molecule has 0 spiro atoms. The van der Waals surface area contributed by atoms with E-state index in [1.165, 1.54) is 15.8 Å². The van der Waals surface area contributed by atoms with E-state index in [-0.39, 0.29) is 23.3 Å². The van der Waals surface area contributed by atoms with E-state index >= 15 is 0 Å². The van der Waals surface area contributed by atoms with Crippen molar-refractivity contribution in [2.75, 3.05) is 46.6 Å². The number of nitrogens with one attached hydrogen (secondary N) is 2. The van der Waals surface area contributed by atoms with E-state index < -0.39 is 35.1 Å². The highest BCUT2D eigenvalue weighted by molar-refractivity contribution is 5.58. The maximum Gasteiger partial charge on any atom is 0.416 e. The summed E-state index contributed by atoms with van der Waals surface area (Å²) in [4.78, 5) is 21.4. The van der Waals surface area contributed by atoms with E-state index in [0.29, 0.717) is 35.9 Å². The molecule has 12 nitrogen and oxygen atoms in total. The average Bonchev–Trinajstić information content (AvgIpc) is 3.80. The molecule has 0 unspecified atom stereocenters. The lowest BCUT2D eigenvalue weighted by Gasteiger charge is -2.32. The Labute approximate surface area is 364 Å². The first-order valence-corrected chi connectivity index (χ1v) is 20.8. The van der Waals surface area contributed by atoms with Gasteiger partial charge < -0.3 is 20.4 Å². The summed E-state index contributed by atoms with van der Waals surface area (Å²) in [6.07, 6.45) is 0.459. The summed E-state index contributed by atoms with van der Waals surface area (Å²) in [5.74, 6) is 0.793. The largest absolute Gasteiger partial charge is 0.416 e. The fourth-order valence-corrected chi connectivity index (χ4v) is 7.96. The van der Waals surface area contributed by atoms with Crippen LogP contribution in [0.5, 0.6) is 0 Å². The van der Waals surface area contributed by atoms with E-state index in [0.717, 1.165) is 100 Å². The maximum absolute atomic E-state index is 14.1. The first-order chi connectivity index (χ1) is 30.4. The van der Waals surface area contributed by atoms with Crippen LogP contribution < -0.4 is 20.4 Å². The lowest BCUT2D eigenvalue weighted by atomic mass is 9.90. The standard InChI is InChI=1S/2C22H24F4N6/c1-14-11-16(5-8-27-14)12-15-6-9-32(10-7-15)21-29-20(31(2)30-21)28-19-13-17(22(24,25)26)3-4-18(19)23;1-14-11-16(5-8-27-14)12-15-6-9-32(10-7-15)21-29-20(30-31(21)2)28-19-13-17(22(24,25)26)3-4-18(19)23/h3-5,8,11,13,15H,6-7,9-10,12H2,1-2H3,(H,28,29,30);3-5,8,11,13,15H,6-7,9-10,12H2,1-2H3,(H,28,30). The Bertz CT molecular complexity index is 2520. The number of hydrogen-bond donors (Lipinski definition) is 2. The highest BCUT2D eigenvalue weighted by Crippen LogP contribution is 2.35. The number of aromatic nitrogens is 8. The molecule has 6 aromatic rings. The number of anilines is 6. The van der Waals surface area contributed by atoms with Crippen LogP contribution in [0.15, 0.2) is 73.1 Å². The summed E-state index contributed by atoms with van der Waals surface area (Å²) in [6, 6.07) is 12.7. The van der Waals surface area contributed by atoms with Crippen LogP contribution in [0.4, 0.5) is 70.3 Å². The van der Waals surface area contributed by atoms with Crippen LogP contribution in [-0.4, -0.2) is 65.7 Å². The quantitative estimate of drug-likeness (QED) is 0.129. The van der Waals surface area contributed by atoms with E-state index in [9.17, 15) is 35.1 Å². The van der Waals surface area contributed by atoms with Crippen molar-refractivity contribution in [2.45, 2.75) is 64.7 Å². The number of nitrogens with zero attached hydrogens (tertiary/aromatic N) is 10. The molecule has 2 saturated heterocycles. The fourth-order valence-electron chi connectivity index (χ4n) is 7.96. The van der Waals surface area contributed by atoms with Crippen LogP contribution in [0, 0.1) is 37.3 Å². The molecule has 20 heteroatoms. The SMILES string of the molecule is Cc1cc(CC2CCN(c3nc(Nc4cc(C(F)(F)F)ccc4F)n(C)n3)CC2)ccn1.Cc1cc(CC2CCN(c3nc(Nc4cc(C(F)(F)F)ccc4F)nn3C)CC2)ccn1. The molecule has 2 fully saturated rings. The Kier molecular flexibility index (Phi) is 13.7. The van der Waals surface area contributed by atoms with Gasteiger partial charge in [-0.15, -0.1) is 10.2 Å². The molecule has 0 saturated carbocycles. The van der Waals surface area contributed by atoms with E-state index in [1.54, 1.807) is 18.8 Å². The van der Waals surface area contributed by atoms with Crippen molar-refractivity contribution < 1.29 is 35.1 Å². The van der Waals surface area contributed by atoms with Gasteiger partial charge in [-0.05, 0) is 136 Å². The van der Waals surface area contributed by atoms with Crippen molar-refractivity contribution in [3.8, 4) is 0 Å². The molecule has 2 aromatic carbocycles. The second-order valence-electron chi connectivity index (χ2n) is 16.2. The minimum Gasteiger partial charge on any atom is -0.341 e. The van der Waals surface area contributed by atoms with Gasteiger partial charge in [-0.2, -0.15) is 36.3 Å². The second-order valence-corrected chi connectivity index (χ2v) is 16.2. The zero-order chi connectivity index (χ0) is 45.8. The van der Waals surface area contributed by atoms with Crippen molar-refractivity contribution in [1.82, 2.24) is 39.5 Å². The van der Waals surface area contributed by atoms with Crippen LogP contribution in [0.1, 0.15) is 59.3 Å². The average molecular weight is 897 g/mol. The monoisotopic (exact) mass is 896 g/mol. The van der Waals surface area contributed by atoms with Gasteiger partial charge in [0.1, 0.15) is 11.6 Å². The van der Waals surface area contributed by atoms with Crippen LogP contribution in [0.25, 0.3) is 0 Å². The summed E-state index contributed by atoms with van der Waals surface area (Å²) in [5, 5.41) is 13.8. The fraction of sp³-hybridized carbons (Fsp3) is 0.409. The second kappa shape index (κ2) is 19.2. The van der Waals surface area contributed by atoms with E-state index in [1.807, 2.05) is 43.3 Å². The van der Waals surface area contributed by atoms with Gasteiger partial charge >= 0.3 is 12.4 Å².